The van der Waals surface area contributed by atoms with Crippen molar-refractivity contribution in [1.29, 1.82) is 0 Å². The van der Waals surface area contributed by atoms with Gasteiger partial charge >= 0.3 is 0 Å². The second-order valence-corrected chi connectivity index (χ2v) is 1.37. The van der Waals surface area contributed by atoms with Crippen molar-refractivity contribution in [3.63, 3.8) is 0 Å². The molecule has 0 saturated heterocycles. The van der Waals surface area contributed by atoms with Crippen molar-refractivity contribution in [3.05, 3.63) is 24.0 Å². The molecular formula is C5H10N2. The lowest BCUT2D eigenvalue weighted by Crippen LogP contribution is -1.97. The first-order valence-electron chi connectivity index (χ1n) is 2.01. The summed E-state index contributed by atoms with van der Waals surface area (Å²) in [4.78, 5) is 0. The Morgan fingerprint density at radius 1 is 1.71 bits per heavy atom. The Morgan fingerprint density at radius 2 is 2.14 bits per heavy atom. The monoisotopic (exact) mass is 98.1 g/mol. The Hall–Kier alpha value is -0.920. The fourth-order valence-corrected chi connectivity index (χ4v) is 0.107. The maximum absolute atomic E-state index is 5.20. The van der Waals surface area contributed by atoms with Gasteiger partial charge in [-0.25, -0.2) is 0 Å². The molecule has 0 spiro atoms. The molecule has 0 fully saturated rings. The summed E-state index contributed by atoms with van der Waals surface area (Å²) in [6.07, 6.45) is 1.43. The predicted octanol–water partition coefficient (Wildman–Crippen LogP) is 0.321. The van der Waals surface area contributed by atoms with Crippen molar-refractivity contribution >= 4 is 0 Å². The zero-order chi connectivity index (χ0) is 5.86. The van der Waals surface area contributed by atoms with Crippen molar-refractivity contribution in [1.82, 2.24) is 0 Å². The van der Waals surface area contributed by atoms with Gasteiger partial charge < -0.3 is 11.5 Å². The maximum atomic E-state index is 5.20. The van der Waals surface area contributed by atoms with E-state index in [2.05, 4.69) is 6.58 Å². The predicted molar refractivity (Wildman–Crippen MR) is 31.3 cm³/mol. The van der Waals surface area contributed by atoms with Crippen LogP contribution in [0.1, 0.15) is 6.92 Å². The molecule has 0 heterocycles. The zero-order valence-electron chi connectivity index (χ0n) is 4.44. The second kappa shape index (κ2) is 2.29. The molecular weight excluding hydrogens is 88.1 g/mol. The Balaban J connectivity index is 3.82. The quantitative estimate of drug-likeness (QED) is 0.464. The maximum Gasteiger partial charge on any atom is 0.0285 e. The Morgan fingerprint density at radius 3 is 2.14 bits per heavy atom. The minimum atomic E-state index is 0.530. The van der Waals surface area contributed by atoms with E-state index in [9.17, 15) is 0 Å². The van der Waals surface area contributed by atoms with E-state index in [4.69, 9.17) is 11.5 Å². The molecule has 0 bridgehead atoms. The first kappa shape index (κ1) is 6.08. The zero-order valence-corrected chi connectivity index (χ0v) is 4.44. The van der Waals surface area contributed by atoms with Crippen molar-refractivity contribution < 1.29 is 0 Å². The standard InChI is InChI=1S/C5H10N2/c1-4(3-6)5(2)7/h3H,2,6-7H2,1H3/b4-3-. The van der Waals surface area contributed by atoms with Gasteiger partial charge in [-0.05, 0) is 18.7 Å². The highest BCUT2D eigenvalue weighted by atomic mass is 14.6. The lowest BCUT2D eigenvalue weighted by molar-refractivity contribution is 1.28. The van der Waals surface area contributed by atoms with E-state index in [1.807, 2.05) is 6.92 Å². The highest BCUT2D eigenvalue weighted by Gasteiger charge is 1.82. The summed E-state index contributed by atoms with van der Waals surface area (Å²) in [5.74, 6) is 0. The van der Waals surface area contributed by atoms with E-state index in [1.54, 1.807) is 0 Å². The van der Waals surface area contributed by atoms with Crippen LogP contribution in [0.5, 0.6) is 0 Å². The molecule has 0 aromatic rings. The van der Waals surface area contributed by atoms with Crippen molar-refractivity contribution in [2.75, 3.05) is 0 Å². The van der Waals surface area contributed by atoms with Gasteiger partial charge in [0.2, 0.25) is 0 Å². The van der Waals surface area contributed by atoms with Gasteiger partial charge in [-0.2, -0.15) is 0 Å². The van der Waals surface area contributed by atoms with Gasteiger partial charge in [-0.3, -0.25) is 0 Å². The minimum absolute atomic E-state index is 0.530. The van der Waals surface area contributed by atoms with Crippen molar-refractivity contribution in [3.8, 4) is 0 Å². The molecule has 0 radical (unpaired) electrons. The number of hydrogen-bond donors (Lipinski definition) is 2. The van der Waals surface area contributed by atoms with Crippen molar-refractivity contribution in [2.45, 2.75) is 6.92 Å². The van der Waals surface area contributed by atoms with Crippen LogP contribution in [0, 0.1) is 0 Å². The van der Waals surface area contributed by atoms with Gasteiger partial charge in [0.05, 0.1) is 0 Å². The molecule has 0 atom stereocenters. The average Bonchev–Trinajstić information content (AvgIpc) is 1.65. The molecule has 40 valence electrons. The van der Waals surface area contributed by atoms with Crippen LogP contribution in [0.3, 0.4) is 0 Å². The summed E-state index contributed by atoms with van der Waals surface area (Å²) in [5, 5.41) is 0. The molecule has 2 nitrogen and oxygen atoms in total. The van der Waals surface area contributed by atoms with E-state index < -0.39 is 0 Å². The van der Waals surface area contributed by atoms with Crippen LogP contribution < -0.4 is 11.5 Å². The molecule has 0 saturated carbocycles. The molecule has 4 N–H and O–H groups in total. The summed E-state index contributed by atoms with van der Waals surface area (Å²) in [7, 11) is 0. The molecule has 0 unspecified atom stereocenters. The molecule has 2 heteroatoms. The van der Waals surface area contributed by atoms with Gasteiger partial charge in [0.1, 0.15) is 0 Å². The lowest BCUT2D eigenvalue weighted by atomic mass is 10.3. The highest BCUT2D eigenvalue weighted by Crippen LogP contribution is 1.93. The fraction of sp³-hybridized carbons (Fsp3) is 0.200. The van der Waals surface area contributed by atoms with Crippen LogP contribution in [-0.4, -0.2) is 0 Å². The van der Waals surface area contributed by atoms with E-state index >= 15 is 0 Å². The van der Waals surface area contributed by atoms with Crippen molar-refractivity contribution in [2.24, 2.45) is 11.5 Å². The van der Waals surface area contributed by atoms with Crippen LogP contribution in [0.4, 0.5) is 0 Å². The summed E-state index contributed by atoms with van der Waals surface area (Å²) in [6, 6.07) is 0. The van der Waals surface area contributed by atoms with Crippen LogP contribution in [-0.2, 0) is 0 Å². The molecule has 7 heavy (non-hydrogen) atoms. The Kier molecular flexibility index (Phi) is 1.99. The third-order valence-electron chi connectivity index (χ3n) is 0.757. The third kappa shape index (κ3) is 1.87. The van der Waals surface area contributed by atoms with E-state index in [-0.39, 0.29) is 0 Å². The average molecular weight is 98.1 g/mol. The normalized spacial score (nSPS) is 11.3. The van der Waals surface area contributed by atoms with Gasteiger partial charge in [0.15, 0.2) is 0 Å². The Bertz CT molecular complexity index is 103. The largest absolute Gasteiger partial charge is 0.404 e. The summed E-state index contributed by atoms with van der Waals surface area (Å²) < 4.78 is 0. The molecule has 0 aromatic heterocycles. The summed E-state index contributed by atoms with van der Waals surface area (Å²) in [6.45, 7) is 5.26. The summed E-state index contributed by atoms with van der Waals surface area (Å²) in [5.41, 5.74) is 11.6. The second-order valence-electron chi connectivity index (χ2n) is 1.37. The fourth-order valence-electron chi connectivity index (χ4n) is 0.107. The number of nitrogens with two attached hydrogens (primary N) is 2. The topological polar surface area (TPSA) is 52.0 Å². The highest BCUT2D eigenvalue weighted by molar-refractivity contribution is 5.21. The van der Waals surface area contributed by atoms with Gasteiger partial charge in [0.25, 0.3) is 0 Å². The number of allylic oxidation sites excluding steroid dienone is 1. The Labute approximate surface area is 43.5 Å². The van der Waals surface area contributed by atoms with Crippen LogP contribution in [0.2, 0.25) is 0 Å². The van der Waals surface area contributed by atoms with E-state index in [0.717, 1.165) is 5.57 Å². The van der Waals surface area contributed by atoms with Gasteiger partial charge in [-0.1, -0.05) is 6.58 Å². The smallest absolute Gasteiger partial charge is 0.0285 e. The van der Waals surface area contributed by atoms with Gasteiger partial charge in [0, 0.05) is 5.70 Å². The van der Waals surface area contributed by atoms with E-state index in [1.165, 1.54) is 6.20 Å². The van der Waals surface area contributed by atoms with E-state index in [0.29, 0.717) is 5.70 Å². The molecule has 0 aliphatic heterocycles. The third-order valence-corrected chi connectivity index (χ3v) is 0.757. The number of rotatable bonds is 1. The first-order valence-corrected chi connectivity index (χ1v) is 2.01. The minimum Gasteiger partial charge on any atom is -0.404 e. The molecule has 0 amide bonds. The first-order chi connectivity index (χ1) is 3.18. The molecule has 0 aliphatic rings. The number of hydrogen-bond acceptors (Lipinski definition) is 2. The van der Waals surface area contributed by atoms with Crippen LogP contribution in [0.25, 0.3) is 0 Å². The van der Waals surface area contributed by atoms with Crippen LogP contribution >= 0.6 is 0 Å². The summed E-state index contributed by atoms with van der Waals surface area (Å²) >= 11 is 0. The molecule has 0 aromatic carbocycles. The molecule has 0 aliphatic carbocycles. The SMILES string of the molecule is C=C(N)/C(C)=C\N. The van der Waals surface area contributed by atoms with Gasteiger partial charge in [-0.15, -0.1) is 0 Å². The lowest BCUT2D eigenvalue weighted by Gasteiger charge is -1.92. The van der Waals surface area contributed by atoms with Crippen LogP contribution in [0.15, 0.2) is 24.0 Å². The molecule has 0 rings (SSSR count).